The molecule has 0 aromatic carbocycles. The van der Waals surface area contributed by atoms with Gasteiger partial charge < -0.3 is 15.8 Å². The number of aliphatic hydroxyl groups excluding tert-OH is 1. The van der Waals surface area contributed by atoms with Gasteiger partial charge in [-0.25, -0.2) is 12.5 Å². The van der Waals surface area contributed by atoms with Gasteiger partial charge in [0, 0.05) is 24.5 Å². The van der Waals surface area contributed by atoms with Crippen LogP contribution in [0, 0.1) is 34.1 Å². The summed E-state index contributed by atoms with van der Waals surface area (Å²) < 4.78 is 0. The van der Waals surface area contributed by atoms with Crippen molar-refractivity contribution in [1.82, 2.24) is 10.1 Å². The SMILES string of the molecule is N#CC1(N2OC3C=CC2C3)CCCCC1.N#CC1(N=O)CCCCC1.NO.O.[C-]#[N+]C1(N2OC3CC2C(S)C3O)CCCCC1. The lowest BCUT2D eigenvalue weighted by molar-refractivity contribution is -0.257. The van der Waals surface area contributed by atoms with Gasteiger partial charge in [-0.1, -0.05) is 44.3 Å². The molecular weight excluding hydrogens is 598 g/mol. The fraction of sp³-hybridized carbons (Fsp3) is 0.839. The number of nitrogens with zero attached hydrogens (tertiary/aromatic N) is 6. The third-order valence-corrected chi connectivity index (χ3v) is 11.0. The first-order valence-corrected chi connectivity index (χ1v) is 16.6. The van der Waals surface area contributed by atoms with Crippen molar-refractivity contribution in [3.8, 4) is 12.1 Å². The molecule has 6 atom stereocenters. The smallest absolute Gasteiger partial charge is 0.309 e. The summed E-state index contributed by atoms with van der Waals surface area (Å²) >= 11 is 4.47. The minimum Gasteiger partial charge on any atom is -0.412 e. The maximum atomic E-state index is 10.2. The molecule has 0 aromatic rings. The van der Waals surface area contributed by atoms with Crippen LogP contribution in [0.15, 0.2) is 17.3 Å². The Bertz CT molecular complexity index is 1120. The average Bonchev–Trinajstić information content (AvgIpc) is 3.91. The molecule has 0 amide bonds. The molecule has 0 aromatic heterocycles. The fourth-order valence-corrected chi connectivity index (χ4v) is 8.29. The maximum Gasteiger partial charge on any atom is 0.309 e. The predicted octanol–water partition coefficient (Wildman–Crippen LogP) is 4.26. The number of hydrogen-bond acceptors (Lipinski definition) is 12. The monoisotopic (exact) mass is 647 g/mol. The highest BCUT2D eigenvalue weighted by molar-refractivity contribution is 7.81. The molecule has 2 heterocycles. The lowest BCUT2D eigenvalue weighted by Gasteiger charge is -2.40. The van der Waals surface area contributed by atoms with Crippen molar-refractivity contribution in [3.05, 3.63) is 28.5 Å². The number of nitriles is 2. The van der Waals surface area contributed by atoms with Gasteiger partial charge in [0.25, 0.3) is 0 Å². The Labute approximate surface area is 271 Å². The minimum absolute atomic E-state index is 0. The zero-order chi connectivity index (χ0) is 31.8. The van der Waals surface area contributed by atoms with Crippen LogP contribution in [0.25, 0.3) is 4.85 Å². The second-order valence-corrected chi connectivity index (χ2v) is 13.7. The summed E-state index contributed by atoms with van der Waals surface area (Å²) in [5.41, 5.74) is -1.68. The van der Waals surface area contributed by atoms with Crippen LogP contribution in [0.1, 0.15) is 109 Å². The fourth-order valence-electron chi connectivity index (χ4n) is 7.85. The molecular formula is C31H49N7O6S. The lowest BCUT2D eigenvalue weighted by atomic mass is 9.82. The van der Waals surface area contributed by atoms with E-state index in [1.165, 1.54) is 12.8 Å². The van der Waals surface area contributed by atoms with Crippen LogP contribution in [0.5, 0.6) is 0 Å². The molecule has 13 nitrogen and oxygen atoms in total. The second-order valence-electron chi connectivity index (χ2n) is 13.1. The molecule has 2 aliphatic heterocycles. The number of aliphatic hydroxyl groups is 1. The second kappa shape index (κ2) is 16.6. The van der Waals surface area contributed by atoms with E-state index in [2.05, 4.69) is 46.8 Å². The van der Waals surface area contributed by atoms with Gasteiger partial charge in [0.2, 0.25) is 0 Å². The molecule has 5 aliphatic carbocycles. The van der Waals surface area contributed by atoms with E-state index in [0.29, 0.717) is 18.9 Å². The van der Waals surface area contributed by atoms with Gasteiger partial charge in [0.05, 0.1) is 36.4 Å². The van der Waals surface area contributed by atoms with Crippen LogP contribution in [0.3, 0.4) is 0 Å². The summed E-state index contributed by atoms with van der Waals surface area (Å²) in [5, 5.41) is 41.1. The first-order chi connectivity index (χ1) is 21.3. The summed E-state index contributed by atoms with van der Waals surface area (Å²) in [5.74, 6) is 3.50. The molecule has 7 aliphatic rings. The zero-order valence-electron chi connectivity index (χ0n) is 26.0. The predicted molar refractivity (Wildman–Crippen MR) is 169 cm³/mol. The Kier molecular flexibility index (Phi) is 13.8. The number of fused-ring (bicyclic) bond motifs is 4. The molecule has 7 rings (SSSR count). The zero-order valence-corrected chi connectivity index (χ0v) is 26.9. The van der Waals surface area contributed by atoms with E-state index in [4.69, 9.17) is 26.7 Å². The van der Waals surface area contributed by atoms with E-state index in [1.54, 1.807) is 0 Å². The van der Waals surface area contributed by atoms with E-state index in [0.717, 1.165) is 83.5 Å². The molecule has 2 saturated heterocycles. The summed E-state index contributed by atoms with van der Waals surface area (Å²) in [6, 6.07) is 4.96. The molecule has 4 bridgehead atoms. The number of nitroso groups, excluding NO2 is 1. The average molecular weight is 648 g/mol. The van der Waals surface area contributed by atoms with Crippen molar-refractivity contribution in [1.29, 1.82) is 10.5 Å². The number of thiol groups is 1. The van der Waals surface area contributed by atoms with Gasteiger partial charge in [0.1, 0.15) is 11.6 Å². The van der Waals surface area contributed by atoms with Crippen molar-refractivity contribution in [2.45, 2.75) is 162 Å². The molecule has 6 fully saturated rings. The highest BCUT2D eigenvalue weighted by atomic mass is 32.1. The van der Waals surface area contributed by atoms with Gasteiger partial charge in [0.15, 0.2) is 5.54 Å². The molecule has 6 unspecified atom stereocenters. The van der Waals surface area contributed by atoms with Gasteiger partial charge in [-0.2, -0.15) is 28.2 Å². The van der Waals surface area contributed by atoms with Crippen LogP contribution in [-0.2, 0) is 9.68 Å². The molecule has 0 spiro atoms. The van der Waals surface area contributed by atoms with Crippen LogP contribution in [-0.4, -0.2) is 78.3 Å². The first-order valence-electron chi connectivity index (χ1n) is 16.1. The van der Waals surface area contributed by atoms with Crippen molar-refractivity contribution < 1.29 is 25.5 Å². The van der Waals surface area contributed by atoms with E-state index in [1.807, 2.05) is 16.2 Å². The van der Waals surface area contributed by atoms with E-state index in [-0.39, 0.29) is 34.5 Å². The van der Waals surface area contributed by atoms with Crippen LogP contribution in [0.2, 0.25) is 0 Å². The molecule has 6 N–H and O–H groups in total. The quantitative estimate of drug-likeness (QED) is 0.113. The minimum atomic E-state index is -0.863. The number of hydrogen-bond donors (Lipinski definition) is 4. The Hall–Kier alpha value is -2.16. The van der Waals surface area contributed by atoms with Crippen molar-refractivity contribution in [2.24, 2.45) is 11.1 Å². The standard InChI is InChI=1S/C12H18N2O2S.C12H16N2O.C7H10N2O.H3NO.H2O/c1-13-12(5-3-2-4-6-12)14-8-7-9(16-14)10(15)11(8)17;13-9-12(6-2-1-3-7-12)14-10-4-5-11(8-10)15-14;8-6-7(9-10)4-2-1-3-5-7;1-2;/h8-11,15,17H,2-7H2;4-5,10-11H,1-3,6-8H2;1-5H2;2H,1H2;1H2. The molecule has 45 heavy (non-hydrogen) atoms. The Morgan fingerprint density at radius 2 is 1.47 bits per heavy atom. The van der Waals surface area contributed by atoms with Gasteiger partial charge in [-0.05, 0) is 63.0 Å². The number of nitrogens with two attached hydrogens (primary N) is 1. The Balaban J connectivity index is 0.000000183. The summed E-state index contributed by atoms with van der Waals surface area (Å²) in [7, 11) is 0. The largest absolute Gasteiger partial charge is 0.412 e. The van der Waals surface area contributed by atoms with Crippen LogP contribution in [0.4, 0.5) is 0 Å². The van der Waals surface area contributed by atoms with E-state index < -0.39 is 17.3 Å². The Morgan fingerprint density at radius 3 is 1.87 bits per heavy atom. The van der Waals surface area contributed by atoms with Crippen molar-refractivity contribution in [2.75, 3.05) is 0 Å². The third kappa shape index (κ3) is 7.70. The summed E-state index contributed by atoms with van der Waals surface area (Å²) in [4.78, 5) is 25.7. The van der Waals surface area contributed by atoms with Gasteiger partial charge in [-0.15, -0.1) is 9.97 Å². The van der Waals surface area contributed by atoms with Gasteiger partial charge in [-0.3, -0.25) is 14.5 Å². The van der Waals surface area contributed by atoms with E-state index >= 15 is 0 Å². The summed E-state index contributed by atoms with van der Waals surface area (Å²) in [6.45, 7) is 7.52. The number of rotatable bonds is 3. The van der Waals surface area contributed by atoms with Crippen molar-refractivity contribution >= 4 is 12.6 Å². The first kappa shape index (κ1) is 37.3. The van der Waals surface area contributed by atoms with Crippen LogP contribution < -0.4 is 5.90 Å². The normalized spacial score (nSPS) is 34.9. The highest BCUT2D eigenvalue weighted by Crippen LogP contribution is 2.47. The lowest BCUT2D eigenvalue weighted by Crippen LogP contribution is -2.56. The number of hydroxylamine groups is 4. The third-order valence-electron chi connectivity index (χ3n) is 10.4. The van der Waals surface area contributed by atoms with Crippen LogP contribution >= 0.6 is 12.6 Å². The molecule has 4 saturated carbocycles. The molecule has 14 heteroatoms. The van der Waals surface area contributed by atoms with Crippen molar-refractivity contribution in [3.63, 3.8) is 0 Å². The molecule has 250 valence electrons. The van der Waals surface area contributed by atoms with E-state index in [9.17, 15) is 15.3 Å². The highest BCUT2D eigenvalue weighted by Gasteiger charge is 2.61. The molecule has 0 radical (unpaired) electrons. The maximum absolute atomic E-state index is 10.2. The summed E-state index contributed by atoms with van der Waals surface area (Å²) in [6.07, 6.45) is 20.9. The Morgan fingerprint density at radius 1 is 0.889 bits per heavy atom. The topological polar surface area (TPSA) is 204 Å². The van der Waals surface area contributed by atoms with Gasteiger partial charge >= 0.3 is 5.66 Å².